The molecule has 8 nitrogen and oxygen atoms in total. The molecular weight excluding hydrogens is 310 g/mol. The third-order valence-electron chi connectivity index (χ3n) is 3.21. The lowest BCUT2D eigenvalue weighted by molar-refractivity contribution is -0.113. The number of hydrogen-bond acceptors (Lipinski definition) is 6. The first kappa shape index (κ1) is 14.1. The topological polar surface area (TPSA) is 113 Å². The maximum absolute atomic E-state index is 12.4. The molecule has 0 saturated carbocycles. The second-order valence-corrected chi connectivity index (χ2v) is 6.44. The third-order valence-corrected chi connectivity index (χ3v) is 5.03. The van der Waals surface area contributed by atoms with Crippen LogP contribution in [0.4, 0.5) is 5.82 Å². The van der Waals surface area contributed by atoms with E-state index in [-0.39, 0.29) is 22.0 Å². The summed E-state index contributed by atoms with van der Waals surface area (Å²) < 4.78 is 30.2. The summed E-state index contributed by atoms with van der Waals surface area (Å²) in [6.45, 7) is 0. The maximum atomic E-state index is 12.4. The van der Waals surface area contributed by atoms with Crippen LogP contribution in [0.2, 0.25) is 0 Å². The summed E-state index contributed by atoms with van der Waals surface area (Å²) in [5, 5.41) is 16.1. The molecule has 22 heavy (non-hydrogen) atoms. The van der Waals surface area contributed by atoms with Crippen LogP contribution < -0.4 is 5.32 Å². The van der Waals surface area contributed by atoms with Crippen molar-refractivity contribution in [2.75, 3.05) is 12.4 Å². The van der Waals surface area contributed by atoms with Crippen LogP contribution in [-0.4, -0.2) is 35.9 Å². The first-order chi connectivity index (χ1) is 10.4. The number of rotatable bonds is 2. The largest absolute Gasteiger partial charge is 0.505 e. The standard InChI is InChI=1S/C13H11N3O5S/c1-16-11(13(18)14-10-6-7-21-15-10)12(17)8-4-2-3-5-9(8)22(16,19)20/h2-7,17H,1H3,(H,14,15,18). The molecule has 0 aliphatic carbocycles. The highest BCUT2D eigenvalue weighted by Gasteiger charge is 2.37. The zero-order valence-electron chi connectivity index (χ0n) is 11.3. The smallest absolute Gasteiger partial charge is 0.278 e. The van der Waals surface area contributed by atoms with Gasteiger partial charge in [-0.15, -0.1) is 0 Å². The number of aromatic nitrogens is 1. The van der Waals surface area contributed by atoms with Crippen LogP contribution in [0.25, 0.3) is 5.76 Å². The van der Waals surface area contributed by atoms with Crippen molar-refractivity contribution in [3.63, 3.8) is 0 Å². The number of carbonyl (C=O) groups excluding carboxylic acids is 1. The Balaban J connectivity index is 2.12. The fraction of sp³-hybridized carbons (Fsp3) is 0.0769. The number of carbonyl (C=O) groups is 1. The summed E-state index contributed by atoms with van der Waals surface area (Å²) >= 11 is 0. The molecule has 0 saturated heterocycles. The van der Waals surface area contributed by atoms with E-state index in [4.69, 9.17) is 0 Å². The van der Waals surface area contributed by atoms with Gasteiger partial charge in [-0.1, -0.05) is 17.3 Å². The van der Waals surface area contributed by atoms with Gasteiger partial charge in [0, 0.05) is 18.7 Å². The zero-order chi connectivity index (χ0) is 15.9. The van der Waals surface area contributed by atoms with Crippen molar-refractivity contribution in [1.29, 1.82) is 0 Å². The number of anilines is 1. The van der Waals surface area contributed by atoms with E-state index in [1.165, 1.54) is 37.6 Å². The van der Waals surface area contributed by atoms with Gasteiger partial charge in [-0.25, -0.2) is 8.42 Å². The fourth-order valence-electron chi connectivity index (χ4n) is 2.13. The molecule has 1 aromatic carbocycles. The second-order valence-electron chi connectivity index (χ2n) is 4.50. The molecule has 3 rings (SSSR count). The summed E-state index contributed by atoms with van der Waals surface area (Å²) in [5.74, 6) is -1.13. The number of fused-ring (bicyclic) bond motifs is 1. The van der Waals surface area contributed by atoms with Crippen molar-refractivity contribution in [3.8, 4) is 0 Å². The monoisotopic (exact) mass is 321 g/mol. The van der Waals surface area contributed by atoms with Gasteiger partial charge in [-0.2, -0.15) is 0 Å². The van der Waals surface area contributed by atoms with E-state index < -0.39 is 21.7 Å². The van der Waals surface area contributed by atoms with Crippen LogP contribution in [0.15, 0.2) is 51.7 Å². The molecule has 1 aliphatic rings. The van der Waals surface area contributed by atoms with Crippen LogP contribution in [0.3, 0.4) is 0 Å². The summed E-state index contributed by atoms with van der Waals surface area (Å²) in [7, 11) is -2.72. The lowest BCUT2D eigenvalue weighted by atomic mass is 10.1. The van der Waals surface area contributed by atoms with E-state index in [1.54, 1.807) is 6.07 Å². The van der Waals surface area contributed by atoms with Gasteiger partial charge in [-0.3, -0.25) is 9.10 Å². The van der Waals surface area contributed by atoms with Crippen molar-refractivity contribution >= 4 is 27.5 Å². The number of aliphatic hydroxyl groups is 1. The molecule has 0 bridgehead atoms. The molecule has 0 unspecified atom stereocenters. The average molecular weight is 321 g/mol. The van der Waals surface area contributed by atoms with Crippen LogP contribution >= 0.6 is 0 Å². The summed E-state index contributed by atoms with van der Waals surface area (Å²) in [6.07, 6.45) is 1.25. The number of hydrogen-bond donors (Lipinski definition) is 2. The Bertz CT molecular complexity index is 871. The summed E-state index contributed by atoms with van der Waals surface area (Å²) in [4.78, 5) is 12.2. The maximum Gasteiger partial charge on any atom is 0.278 e. The van der Waals surface area contributed by atoms with E-state index >= 15 is 0 Å². The minimum atomic E-state index is -3.92. The molecule has 114 valence electrons. The van der Waals surface area contributed by atoms with E-state index in [1.807, 2.05) is 0 Å². The van der Waals surface area contributed by atoms with E-state index in [0.29, 0.717) is 0 Å². The Morgan fingerprint density at radius 1 is 1.32 bits per heavy atom. The van der Waals surface area contributed by atoms with Crippen molar-refractivity contribution in [1.82, 2.24) is 9.46 Å². The molecule has 1 amide bonds. The molecule has 1 aliphatic heterocycles. The molecule has 2 heterocycles. The molecule has 0 atom stereocenters. The molecule has 2 aromatic rings. The summed E-state index contributed by atoms with van der Waals surface area (Å²) in [6, 6.07) is 7.30. The number of sulfonamides is 1. The van der Waals surface area contributed by atoms with Gasteiger partial charge in [0.25, 0.3) is 15.9 Å². The van der Waals surface area contributed by atoms with Crippen LogP contribution in [0, 0.1) is 0 Å². The molecule has 2 N–H and O–H groups in total. The Morgan fingerprint density at radius 3 is 2.73 bits per heavy atom. The van der Waals surface area contributed by atoms with Crippen molar-refractivity contribution in [2.24, 2.45) is 0 Å². The van der Waals surface area contributed by atoms with Gasteiger partial charge in [0.15, 0.2) is 17.3 Å². The predicted octanol–water partition coefficient (Wildman–Crippen LogP) is 1.17. The van der Waals surface area contributed by atoms with E-state index in [0.717, 1.165) is 4.31 Å². The average Bonchev–Trinajstić information content (AvgIpc) is 2.99. The number of nitrogens with one attached hydrogen (secondary N) is 1. The quantitative estimate of drug-likeness (QED) is 0.858. The highest BCUT2D eigenvalue weighted by molar-refractivity contribution is 7.89. The molecule has 1 aromatic heterocycles. The normalized spacial score (nSPS) is 16.3. The Kier molecular flexibility index (Phi) is 3.14. The minimum Gasteiger partial charge on any atom is -0.505 e. The first-order valence-electron chi connectivity index (χ1n) is 6.16. The van der Waals surface area contributed by atoms with Gasteiger partial charge in [0.2, 0.25) is 0 Å². The van der Waals surface area contributed by atoms with Crippen molar-refractivity contribution < 1.29 is 22.8 Å². The Labute approximate surface area is 125 Å². The molecule has 0 spiro atoms. The molecular formula is C13H11N3O5S. The van der Waals surface area contributed by atoms with E-state index in [9.17, 15) is 18.3 Å². The zero-order valence-corrected chi connectivity index (χ0v) is 12.2. The number of benzene rings is 1. The van der Waals surface area contributed by atoms with Crippen molar-refractivity contribution in [2.45, 2.75) is 4.90 Å². The third kappa shape index (κ3) is 2.02. The highest BCUT2D eigenvalue weighted by atomic mass is 32.2. The number of likely N-dealkylation sites (N-methyl/N-ethyl adjacent to an activating group) is 1. The lowest BCUT2D eigenvalue weighted by Crippen LogP contribution is -2.37. The fourth-order valence-corrected chi connectivity index (χ4v) is 3.53. The number of aliphatic hydroxyl groups excluding tert-OH is 1. The molecule has 0 fully saturated rings. The van der Waals surface area contributed by atoms with E-state index in [2.05, 4.69) is 15.0 Å². The van der Waals surface area contributed by atoms with Gasteiger partial charge in [-0.05, 0) is 12.1 Å². The number of amides is 1. The highest BCUT2D eigenvalue weighted by Crippen LogP contribution is 2.34. The van der Waals surface area contributed by atoms with Crippen LogP contribution in [0.1, 0.15) is 5.56 Å². The van der Waals surface area contributed by atoms with Crippen LogP contribution in [-0.2, 0) is 14.8 Å². The van der Waals surface area contributed by atoms with Crippen LogP contribution in [0.5, 0.6) is 0 Å². The van der Waals surface area contributed by atoms with Gasteiger partial charge >= 0.3 is 0 Å². The van der Waals surface area contributed by atoms with Gasteiger partial charge in [0.1, 0.15) is 6.26 Å². The predicted molar refractivity (Wildman–Crippen MR) is 76.1 cm³/mol. The summed E-state index contributed by atoms with van der Waals surface area (Å²) in [5.41, 5.74) is -0.312. The van der Waals surface area contributed by atoms with Gasteiger partial charge < -0.3 is 14.9 Å². The Hall–Kier alpha value is -2.81. The SMILES string of the molecule is CN1C(C(=O)Nc2ccon2)=C(O)c2ccccc2S1(=O)=O. The minimum absolute atomic E-state index is 0.0620. The first-order valence-corrected chi connectivity index (χ1v) is 7.60. The van der Waals surface area contributed by atoms with Gasteiger partial charge in [0.05, 0.1) is 4.90 Å². The Morgan fingerprint density at radius 2 is 2.05 bits per heavy atom. The lowest BCUT2D eigenvalue weighted by Gasteiger charge is -2.28. The second kappa shape index (κ2) is 4.88. The molecule has 9 heteroatoms. The number of nitrogens with zero attached hydrogens (tertiary/aromatic N) is 2. The van der Waals surface area contributed by atoms with Crippen molar-refractivity contribution in [3.05, 3.63) is 47.9 Å². The molecule has 0 radical (unpaired) electrons.